The number of carbonyl (C=O) groups excluding carboxylic acids is 2. The van der Waals surface area contributed by atoms with Crippen LogP contribution in [0.3, 0.4) is 0 Å². The van der Waals surface area contributed by atoms with E-state index in [1.807, 2.05) is 11.8 Å². The minimum atomic E-state index is 0.0142. The maximum absolute atomic E-state index is 12.6. The minimum Gasteiger partial charge on any atom is -0.353 e. The molecule has 1 aliphatic heterocycles. The second-order valence-electron chi connectivity index (χ2n) is 7.61. The maximum Gasteiger partial charge on any atom is 0.223 e. The number of Topliss-reactive ketones (excluding diaryl/α,β-unsaturated/α-hetero) is 1. The molecule has 3 nitrogen and oxygen atoms in total. The van der Waals surface area contributed by atoms with E-state index in [-0.39, 0.29) is 29.7 Å². The van der Waals surface area contributed by atoms with Gasteiger partial charge >= 0.3 is 0 Å². The number of benzene rings is 1. The fraction of sp³-hybridized carbons (Fsp3) is 0.600. The van der Waals surface area contributed by atoms with Crippen molar-refractivity contribution in [2.75, 3.05) is 11.5 Å². The average molecular weight is 346 g/mol. The van der Waals surface area contributed by atoms with Crippen LogP contribution in [0.4, 0.5) is 0 Å². The average Bonchev–Trinajstić information content (AvgIpc) is 2.45. The van der Waals surface area contributed by atoms with E-state index in [2.05, 4.69) is 44.3 Å². The quantitative estimate of drug-likeness (QED) is 0.911. The number of carbonyl (C=O) groups is 2. The van der Waals surface area contributed by atoms with Gasteiger partial charge in [0.1, 0.15) is 5.78 Å². The highest BCUT2D eigenvalue weighted by atomic mass is 32.2. The molecule has 0 radical (unpaired) electrons. The van der Waals surface area contributed by atoms with Gasteiger partial charge < -0.3 is 5.32 Å². The lowest BCUT2D eigenvalue weighted by Crippen LogP contribution is -2.46. The topological polar surface area (TPSA) is 46.2 Å². The summed E-state index contributed by atoms with van der Waals surface area (Å²) in [6, 6.07) is 6.67. The fourth-order valence-electron chi connectivity index (χ4n) is 4.17. The van der Waals surface area contributed by atoms with Crippen molar-refractivity contribution < 1.29 is 9.59 Å². The summed E-state index contributed by atoms with van der Waals surface area (Å²) in [7, 11) is 0. The smallest absolute Gasteiger partial charge is 0.223 e. The van der Waals surface area contributed by atoms with Crippen LogP contribution in [0.1, 0.15) is 36.5 Å². The van der Waals surface area contributed by atoms with Crippen molar-refractivity contribution in [3.05, 3.63) is 34.9 Å². The van der Waals surface area contributed by atoms with E-state index in [1.165, 1.54) is 16.7 Å². The van der Waals surface area contributed by atoms with E-state index in [9.17, 15) is 9.59 Å². The van der Waals surface area contributed by atoms with Crippen LogP contribution in [-0.4, -0.2) is 29.2 Å². The summed E-state index contributed by atoms with van der Waals surface area (Å²) in [5.74, 6) is 2.57. The summed E-state index contributed by atoms with van der Waals surface area (Å²) in [4.78, 5) is 24.8. The Labute approximate surface area is 149 Å². The zero-order chi connectivity index (χ0) is 17.3. The SMILES string of the molecule is Cc1cc(C)cc(CC(C)NC(=O)C2CC3CSCC(C2)C3=O)c1. The summed E-state index contributed by atoms with van der Waals surface area (Å²) < 4.78 is 0. The van der Waals surface area contributed by atoms with Gasteiger partial charge in [0.2, 0.25) is 5.91 Å². The molecule has 1 saturated carbocycles. The van der Waals surface area contributed by atoms with E-state index in [0.717, 1.165) is 30.8 Å². The number of hydrogen-bond acceptors (Lipinski definition) is 3. The van der Waals surface area contributed by atoms with Crippen LogP contribution >= 0.6 is 11.8 Å². The number of thioether (sulfide) groups is 1. The Morgan fingerprint density at radius 3 is 2.33 bits per heavy atom. The normalized spacial score (nSPS) is 27.6. The Bertz CT molecular complexity index is 606. The molecule has 4 heteroatoms. The van der Waals surface area contributed by atoms with E-state index in [1.54, 1.807) is 0 Å². The van der Waals surface area contributed by atoms with Crippen molar-refractivity contribution in [3.8, 4) is 0 Å². The molecule has 3 rings (SSSR count). The van der Waals surface area contributed by atoms with Gasteiger partial charge in [0.05, 0.1) is 0 Å². The zero-order valence-electron chi connectivity index (χ0n) is 14.8. The first-order valence-electron chi connectivity index (χ1n) is 8.91. The monoisotopic (exact) mass is 345 g/mol. The van der Waals surface area contributed by atoms with Crippen LogP contribution < -0.4 is 5.32 Å². The van der Waals surface area contributed by atoms with Gasteiger partial charge in [-0.25, -0.2) is 0 Å². The van der Waals surface area contributed by atoms with E-state index >= 15 is 0 Å². The van der Waals surface area contributed by atoms with Crippen molar-refractivity contribution in [2.45, 2.75) is 46.1 Å². The third-order valence-corrected chi connectivity index (χ3v) is 6.44. The molecule has 1 aromatic carbocycles. The Morgan fingerprint density at radius 2 is 1.75 bits per heavy atom. The third kappa shape index (κ3) is 4.02. The lowest BCUT2D eigenvalue weighted by atomic mass is 9.74. The lowest BCUT2D eigenvalue weighted by Gasteiger charge is -2.37. The molecule has 130 valence electrons. The maximum atomic E-state index is 12.6. The Morgan fingerprint density at radius 1 is 1.17 bits per heavy atom. The second kappa shape index (κ2) is 7.30. The summed E-state index contributed by atoms with van der Waals surface area (Å²) in [5.41, 5.74) is 3.80. The van der Waals surface area contributed by atoms with Gasteiger partial charge in [0.15, 0.2) is 0 Å². The van der Waals surface area contributed by atoms with Gasteiger partial charge in [0, 0.05) is 35.3 Å². The van der Waals surface area contributed by atoms with E-state index < -0.39 is 0 Å². The molecule has 1 aliphatic carbocycles. The van der Waals surface area contributed by atoms with Gasteiger partial charge in [-0.2, -0.15) is 11.8 Å². The van der Waals surface area contributed by atoms with Crippen LogP contribution in [0, 0.1) is 31.6 Å². The highest BCUT2D eigenvalue weighted by molar-refractivity contribution is 7.99. The van der Waals surface area contributed by atoms with Gasteiger partial charge in [-0.15, -0.1) is 0 Å². The van der Waals surface area contributed by atoms with Crippen LogP contribution in [0.25, 0.3) is 0 Å². The molecule has 1 aromatic rings. The standard InChI is InChI=1S/C20H27NO2S/c1-12-4-13(2)6-15(5-12)7-14(3)21-20(23)16-8-17-10-24-11-18(9-16)19(17)22/h4-6,14,16-18H,7-11H2,1-3H3,(H,21,23). The van der Waals surface area contributed by atoms with Crippen molar-refractivity contribution in [1.29, 1.82) is 0 Å². The summed E-state index contributed by atoms with van der Waals surface area (Å²) in [6.07, 6.45) is 2.33. The predicted octanol–water partition coefficient (Wildman–Crippen LogP) is 3.31. The molecule has 1 amide bonds. The predicted molar refractivity (Wildman–Crippen MR) is 99.3 cm³/mol. The number of hydrogen-bond donors (Lipinski definition) is 1. The molecule has 0 aromatic heterocycles. The molecule has 0 spiro atoms. The zero-order valence-corrected chi connectivity index (χ0v) is 15.6. The van der Waals surface area contributed by atoms with Crippen molar-refractivity contribution in [1.82, 2.24) is 5.32 Å². The minimum absolute atomic E-state index is 0.0142. The summed E-state index contributed by atoms with van der Waals surface area (Å²) >= 11 is 1.87. The third-order valence-electron chi connectivity index (χ3n) is 5.16. The molecule has 2 fully saturated rings. The van der Waals surface area contributed by atoms with Gasteiger partial charge in [-0.1, -0.05) is 29.3 Å². The van der Waals surface area contributed by atoms with Gasteiger partial charge in [0.25, 0.3) is 0 Å². The number of rotatable bonds is 4. The largest absolute Gasteiger partial charge is 0.353 e. The molecule has 3 unspecified atom stereocenters. The molecule has 2 aliphatic rings. The van der Waals surface area contributed by atoms with Crippen LogP contribution in [-0.2, 0) is 16.0 Å². The number of aryl methyl sites for hydroxylation is 2. The Kier molecular flexibility index (Phi) is 5.33. The molecule has 3 atom stereocenters. The number of nitrogens with one attached hydrogen (secondary N) is 1. The van der Waals surface area contributed by atoms with Crippen molar-refractivity contribution in [3.63, 3.8) is 0 Å². The molecule has 2 bridgehead atoms. The lowest BCUT2D eigenvalue weighted by molar-refractivity contribution is -0.134. The van der Waals surface area contributed by atoms with Gasteiger partial charge in [-0.05, 0) is 45.6 Å². The fourth-order valence-corrected chi connectivity index (χ4v) is 5.47. The number of fused-ring (bicyclic) bond motifs is 2. The molecule has 1 heterocycles. The summed E-state index contributed by atoms with van der Waals surface area (Å²) in [5, 5.41) is 3.18. The number of amides is 1. The molecule has 24 heavy (non-hydrogen) atoms. The molecule has 1 saturated heterocycles. The Balaban J connectivity index is 1.57. The highest BCUT2D eigenvalue weighted by Crippen LogP contribution is 2.38. The molecular formula is C20H27NO2S. The first-order valence-corrected chi connectivity index (χ1v) is 10.1. The van der Waals surface area contributed by atoms with Crippen LogP contribution in [0.2, 0.25) is 0 Å². The first kappa shape index (κ1) is 17.5. The first-order chi connectivity index (χ1) is 11.4. The highest BCUT2D eigenvalue weighted by Gasteiger charge is 2.41. The van der Waals surface area contributed by atoms with Crippen LogP contribution in [0.15, 0.2) is 18.2 Å². The van der Waals surface area contributed by atoms with Gasteiger partial charge in [-0.3, -0.25) is 9.59 Å². The summed E-state index contributed by atoms with van der Waals surface area (Å²) in [6.45, 7) is 6.28. The number of ketones is 1. The molecular weight excluding hydrogens is 318 g/mol. The van der Waals surface area contributed by atoms with Crippen molar-refractivity contribution in [2.24, 2.45) is 17.8 Å². The van der Waals surface area contributed by atoms with E-state index in [0.29, 0.717) is 5.78 Å². The molecule has 1 N–H and O–H groups in total. The van der Waals surface area contributed by atoms with E-state index in [4.69, 9.17) is 0 Å². The van der Waals surface area contributed by atoms with Crippen molar-refractivity contribution >= 4 is 23.5 Å². The Hall–Kier alpha value is -1.29. The van der Waals surface area contributed by atoms with Crippen LogP contribution in [0.5, 0.6) is 0 Å². The second-order valence-corrected chi connectivity index (χ2v) is 8.69.